The number of anilines is 3. The van der Waals surface area contributed by atoms with Gasteiger partial charge in [0.25, 0.3) is 0 Å². The average Bonchev–Trinajstić information content (AvgIpc) is 2.32. The molecule has 18 heavy (non-hydrogen) atoms. The molecule has 2 rings (SSSR count). The van der Waals surface area contributed by atoms with Gasteiger partial charge in [0.1, 0.15) is 0 Å². The molecule has 0 radical (unpaired) electrons. The van der Waals surface area contributed by atoms with Gasteiger partial charge in [-0.1, -0.05) is 18.2 Å². The number of benzene rings is 2. The highest BCUT2D eigenvalue weighted by molar-refractivity contribution is 7.90. The van der Waals surface area contributed by atoms with E-state index in [2.05, 4.69) is 0 Å². The summed E-state index contributed by atoms with van der Waals surface area (Å²) in [4.78, 5) is 0. The summed E-state index contributed by atoms with van der Waals surface area (Å²) in [5.41, 5.74) is 7.05. The number of rotatable bonds is 3. The fraction of sp³-hybridized carbons (Fsp3) is 0. The van der Waals surface area contributed by atoms with E-state index in [-0.39, 0.29) is 0 Å². The van der Waals surface area contributed by atoms with Crippen molar-refractivity contribution in [1.29, 1.82) is 0 Å². The Morgan fingerprint density at radius 2 is 1.33 bits per heavy atom. The van der Waals surface area contributed by atoms with E-state index in [9.17, 15) is 8.42 Å². The molecule has 4 N–H and O–H groups in total. The van der Waals surface area contributed by atoms with Gasteiger partial charge in [-0.2, -0.15) is 8.42 Å². The van der Waals surface area contributed by atoms with Gasteiger partial charge in [0.05, 0.1) is 11.4 Å². The summed E-state index contributed by atoms with van der Waals surface area (Å²) in [5.74, 6) is 0. The molecule has 0 fully saturated rings. The Morgan fingerprint density at radius 1 is 0.833 bits per heavy atom. The minimum Gasteiger partial charge on any atom is -0.399 e. The molecule has 2 aromatic carbocycles. The molecule has 0 aliphatic carbocycles. The van der Waals surface area contributed by atoms with Crippen molar-refractivity contribution in [3.8, 4) is 0 Å². The summed E-state index contributed by atoms with van der Waals surface area (Å²) in [6.07, 6.45) is 0. The minimum atomic E-state index is -3.89. The zero-order valence-electron chi connectivity index (χ0n) is 9.52. The lowest BCUT2D eigenvalue weighted by molar-refractivity contribution is 0.598. The summed E-state index contributed by atoms with van der Waals surface area (Å²) in [6.45, 7) is 0. The Hall–Kier alpha value is -2.05. The molecule has 2 aromatic rings. The van der Waals surface area contributed by atoms with Crippen molar-refractivity contribution in [1.82, 2.24) is 0 Å². The van der Waals surface area contributed by atoms with Crippen molar-refractivity contribution in [2.24, 2.45) is 5.14 Å². The Morgan fingerprint density at radius 3 is 1.83 bits per heavy atom. The summed E-state index contributed by atoms with van der Waals surface area (Å²) in [7, 11) is -3.89. The molecular formula is C12H13N3O2S. The maximum Gasteiger partial charge on any atom is 0.303 e. The third-order valence-corrected chi connectivity index (χ3v) is 3.30. The van der Waals surface area contributed by atoms with E-state index < -0.39 is 10.2 Å². The van der Waals surface area contributed by atoms with E-state index in [1.165, 1.54) is 0 Å². The summed E-state index contributed by atoms with van der Waals surface area (Å²) in [5, 5.41) is 5.25. The first-order chi connectivity index (χ1) is 8.48. The predicted octanol–water partition coefficient (Wildman–Crippen LogP) is 1.61. The molecule has 0 heterocycles. The third kappa shape index (κ3) is 2.61. The molecule has 0 unspecified atom stereocenters. The van der Waals surface area contributed by atoms with Crippen molar-refractivity contribution in [2.45, 2.75) is 0 Å². The van der Waals surface area contributed by atoms with Gasteiger partial charge >= 0.3 is 10.2 Å². The van der Waals surface area contributed by atoms with Crippen molar-refractivity contribution in [3.05, 3.63) is 54.6 Å². The zero-order valence-corrected chi connectivity index (χ0v) is 10.3. The van der Waals surface area contributed by atoms with Gasteiger partial charge in [0.15, 0.2) is 0 Å². The fourth-order valence-electron chi connectivity index (χ4n) is 1.62. The lowest BCUT2D eigenvalue weighted by Gasteiger charge is -2.21. The summed E-state index contributed by atoms with van der Waals surface area (Å²) >= 11 is 0. The summed E-state index contributed by atoms with van der Waals surface area (Å²) < 4.78 is 24.4. The standard InChI is InChI=1S/C12H13N3O2S/c13-10-6-8-12(9-7-10)15(18(14,16)17)11-4-2-1-3-5-11/h1-9H,13H2,(H2,14,16,17). The van der Waals surface area contributed by atoms with Gasteiger partial charge in [-0.25, -0.2) is 9.44 Å². The Balaban J connectivity index is 2.55. The van der Waals surface area contributed by atoms with Crippen LogP contribution in [0.4, 0.5) is 17.1 Å². The monoisotopic (exact) mass is 263 g/mol. The van der Waals surface area contributed by atoms with Crippen LogP contribution < -0.4 is 15.2 Å². The predicted molar refractivity (Wildman–Crippen MR) is 72.5 cm³/mol. The molecule has 0 bridgehead atoms. The molecule has 0 spiro atoms. The Bertz CT molecular complexity index is 624. The van der Waals surface area contributed by atoms with Crippen LogP contribution in [0.1, 0.15) is 0 Å². The second-order valence-electron chi connectivity index (χ2n) is 3.74. The molecule has 0 saturated heterocycles. The van der Waals surface area contributed by atoms with Crippen LogP contribution in [0.5, 0.6) is 0 Å². The normalized spacial score (nSPS) is 11.2. The molecule has 0 aromatic heterocycles. The second-order valence-corrected chi connectivity index (χ2v) is 5.13. The number of nitrogens with zero attached hydrogens (tertiary/aromatic N) is 1. The fourth-order valence-corrected chi connectivity index (χ4v) is 2.45. The van der Waals surface area contributed by atoms with Crippen LogP contribution in [0.25, 0.3) is 0 Å². The first-order valence-electron chi connectivity index (χ1n) is 5.22. The van der Waals surface area contributed by atoms with Crippen LogP contribution in [0.3, 0.4) is 0 Å². The molecule has 0 atom stereocenters. The van der Waals surface area contributed by atoms with Crippen molar-refractivity contribution in [2.75, 3.05) is 10.0 Å². The highest BCUT2D eigenvalue weighted by Crippen LogP contribution is 2.27. The first kappa shape index (κ1) is 12.4. The van der Waals surface area contributed by atoms with Crippen molar-refractivity contribution >= 4 is 27.3 Å². The molecule has 0 saturated carbocycles. The van der Waals surface area contributed by atoms with Crippen LogP contribution >= 0.6 is 0 Å². The van der Waals surface area contributed by atoms with E-state index in [1.807, 2.05) is 0 Å². The number of hydrogen-bond acceptors (Lipinski definition) is 3. The highest BCUT2D eigenvalue weighted by atomic mass is 32.2. The number of nitrogen functional groups attached to an aromatic ring is 1. The second kappa shape index (κ2) is 4.67. The molecule has 6 heteroatoms. The number of hydrogen-bond donors (Lipinski definition) is 2. The van der Waals surface area contributed by atoms with Crippen molar-refractivity contribution < 1.29 is 8.42 Å². The van der Waals surface area contributed by atoms with Gasteiger partial charge in [-0.15, -0.1) is 0 Å². The van der Waals surface area contributed by atoms with Gasteiger partial charge < -0.3 is 5.73 Å². The van der Waals surface area contributed by atoms with E-state index in [1.54, 1.807) is 54.6 Å². The highest BCUT2D eigenvalue weighted by Gasteiger charge is 2.19. The smallest absolute Gasteiger partial charge is 0.303 e. The maximum atomic E-state index is 11.7. The maximum absolute atomic E-state index is 11.7. The average molecular weight is 263 g/mol. The van der Waals surface area contributed by atoms with Crippen LogP contribution in [0, 0.1) is 0 Å². The van der Waals surface area contributed by atoms with E-state index in [0.29, 0.717) is 17.1 Å². The Kier molecular flexibility index (Phi) is 3.22. The van der Waals surface area contributed by atoms with Gasteiger partial charge in [-0.3, -0.25) is 0 Å². The molecule has 5 nitrogen and oxygen atoms in total. The molecule has 94 valence electrons. The zero-order chi connectivity index (χ0) is 13.2. The van der Waals surface area contributed by atoms with Gasteiger partial charge in [0, 0.05) is 5.69 Å². The largest absolute Gasteiger partial charge is 0.399 e. The van der Waals surface area contributed by atoms with Crippen LogP contribution in [-0.2, 0) is 10.2 Å². The molecule has 0 amide bonds. The molecule has 0 aliphatic rings. The van der Waals surface area contributed by atoms with Crippen LogP contribution in [0.2, 0.25) is 0 Å². The number of para-hydroxylation sites is 1. The quantitative estimate of drug-likeness (QED) is 0.824. The Labute approximate surface area is 106 Å². The topological polar surface area (TPSA) is 89.4 Å². The SMILES string of the molecule is Nc1ccc(N(c2ccccc2)S(N)(=O)=O)cc1. The minimum absolute atomic E-state index is 0.443. The summed E-state index contributed by atoms with van der Waals surface area (Å²) in [6, 6.07) is 15.1. The van der Waals surface area contributed by atoms with Gasteiger partial charge in [-0.05, 0) is 36.4 Å². The van der Waals surface area contributed by atoms with Crippen LogP contribution in [-0.4, -0.2) is 8.42 Å². The number of nitrogens with two attached hydrogens (primary N) is 2. The van der Waals surface area contributed by atoms with Crippen molar-refractivity contribution in [3.63, 3.8) is 0 Å². The first-order valence-corrected chi connectivity index (χ1v) is 6.72. The third-order valence-electron chi connectivity index (χ3n) is 2.37. The van der Waals surface area contributed by atoms with E-state index in [4.69, 9.17) is 10.9 Å². The lowest BCUT2D eigenvalue weighted by atomic mass is 10.2. The van der Waals surface area contributed by atoms with Gasteiger partial charge in [0.2, 0.25) is 0 Å². The van der Waals surface area contributed by atoms with E-state index in [0.717, 1.165) is 4.31 Å². The van der Waals surface area contributed by atoms with E-state index >= 15 is 0 Å². The molecular weight excluding hydrogens is 250 g/mol. The van der Waals surface area contributed by atoms with Crippen LogP contribution in [0.15, 0.2) is 54.6 Å². The molecule has 0 aliphatic heterocycles. The lowest BCUT2D eigenvalue weighted by Crippen LogP contribution is -2.32.